The quantitative estimate of drug-likeness (QED) is 0.243. The third-order valence-electron chi connectivity index (χ3n) is 5.41. The highest BCUT2D eigenvalue weighted by molar-refractivity contribution is 7.98. The fraction of sp³-hybridized carbons (Fsp3) is 0.115. The molecule has 0 atom stereocenters. The van der Waals surface area contributed by atoms with Gasteiger partial charge in [-0.25, -0.2) is 9.37 Å². The molecular formula is C26H20ClFN4S. The maximum absolute atomic E-state index is 13.5. The fourth-order valence-corrected chi connectivity index (χ4v) is 4.92. The molecule has 2 heterocycles. The first-order valence-electron chi connectivity index (χ1n) is 10.6. The third-order valence-corrected chi connectivity index (χ3v) is 6.74. The molecule has 0 unspecified atom stereocenters. The molecule has 2 aromatic heterocycles. The van der Waals surface area contributed by atoms with Gasteiger partial charge in [0.1, 0.15) is 5.82 Å². The van der Waals surface area contributed by atoms with E-state index in [1.807, 2.05) is 36.4 Å². The lowest BCUT2D eigenvalue weighted by Crippen LogP contribution is -2.01. The molecule has 7 heteroatoms. The van der Waals surface area contributed by atoms with Crippen LogP contribution in [-0.2, 0) is 12.3 Å². The Morgan fingerprint density at radius 1 is 0.939 bits per heavy atom. The number of nitrogens with zero attached hydrogens (tertiary/aromatic N) is 4. The Hall–Kier alpha value is -3.22. The first-order valence-corrected chi connectivity index (χ1v) is 12.0. The van der Waals surface area contributed by atoms with Crippen LogP contribution in [0.2, 0.25) is 5.02 Å². The zero-order valence-corrected chi connectivity index (χ0v) is 19.4. The van der Waals surface area contributed by atoms with Crippen LogP contribution in [0.15, 0.2) is 84.0 Å². The van der Waals surface area contributed by atoms with Gasteiger partial charge in [-0.15, -0.1) is 10.2 Å². The monoisotopic (exact) mass is 474 g/mol. The highest BCUT2D eigenvalue weighted by atomic mass is 35.5. The van der Waals surface area contributed by atoms with E-state index in [0.717, 1.165) is 44.3 Å². The van der Waals surface area contributed by atoms with E-state index in [2.05, 4.69) is 46.0 Å². The predicted molar refractivity (Wildman–Crippen MR) is 133 cm³/mol. The summed E-state index contributed by atoms with van der Waals surface area (Å²) >= 11 is 7.49. The summed E-state index contributed by atoms with van der Waals surface area (Å²) in [5, 5.41) is 11.0. The molecular weight excluding hydrogens is 455 g/mol. The average Bonchev–Trinajstić information content (AvgIpc) is 3.27. The van der Waals surface area contributed by atoms with Crippen LogP contribution in [0.25, 0.3) is 33.5 Å². The summed E-state index contributed by atoms with van der Waals surface area (Å²) in [6.45, 7) is 2.79. The molecule has 0 amide bonds. The maximum Gasteiger partial charge on any atom is 0.191 e. The van der Waals surface area contributed by atoms with Crippen molar-refractivity contribution in [3.8, 4) is 22.6 Å². The van der Waals surface area contributed by atoms with Gasteiger partial charge in [0.2, 0.25) is 0 Å². The Labute approximate surface area is 200 Å². The number of fused-ring (bicyclic) bond motifs is 1. The predicted octanol–water partition coefficient (Wildman–Crippen LogP) is 7.27. The molecule has 5 aromatic rings. The van der Waals surface area contributed by atoms with Crippen molar-refractivity contribution in [1.82, 2.24) is 19.7 Å². The van der Waals surface area contributed by atoms with Gasteiger partial charge in [-0.3, -0.25) is 0 Å². The molecule has 0 saturated carbocycles. The van der Waals surface area contributed by atoms with Crippen molar-refractivity contribution in [2.45, 2.75) is 24.4 Å². The van der Waals surface area contributed by atoms with Crippen LogP contribution >= 0.6 is 23.4 Å². The molecule has 33 heavy (non-hydrogen) atoms. The normalized spacial score (nSPS) is 11.2. The van der Waals surface area contributed by atoms with E-state index < -0.39 is 5.82 Å². The van der Waals surface area contributed by atoms with Crippen LogP contribution in [0.1, 0.15) is 12.5 Å². The minimum absolute atomic E-state index is 0.127. The average molecular weight is 475 g/mol. The molecule has 0 bridgehead atoms. The summed E-state index contributed by atoms with van der Waals surface area (Å²) in [4.78, 5) is 4.88. The number of halogens is 2. The lowest BCUT2D eigenvalue weighted by atomic mass is 10.0. The highest BCUT2D eigenvalue weighted by Gasteiger charge is 2.18. The molecule has 0 aliphatic rings. The van der Waals surface area contributed by atoms with Gasteiger partial charge in [-0.1, -0.05) is 78.0 Å². The minimum Gasteiger partial charge on any atom is -0.302 e. The number of hydrogen-bond donors (Lipinski definition) is 0. The molecule has 5 rings (SSSR count). The second-order valence-corrected chi connectivity index (χ2v) is 8.88. The summed E-state index contributed by atoms with van der Waals surface area (Å²) in [5.74, 6) is 1.00. The molecule has 4 nitrogen and oxygen atoms in total. The van der Waals surface area contributed by atoms with E-state index in [1.165, 1.54) is 6.07 Å². The van der Waals surface area contributed by atoms with Crippen LogP contribution in [0.3, 0.4) is 0 Å². The number of benzene rings is 3. The van der Waals surface area contributed by atoms with Crippen LogP contribution in [0.5, 0.6) is 0 Å². The molecule has 164 valence electrons. The van der Waals surface area contributed by atoms with Gasteiger partial charge in [0, 0.05) is 28.8 Å². The zero-order chi connectivity index (χ0) is 22.8. The van der Waals surface area contributed by atoms with E-state index in [0.29, 0.717) is 12.3 Å². The Morgan fingerprint density at radius 2 is 1.73 bits per heavy atom. The van der Waals surface area contributed by atoms with Crippen molar-refractivity contribution in [2.75, 3.05) is 0 Å². The topological polar surface area (TPSA) is 43.6 Å². The first-order chi connectivity index (χ1) is 16.1. The molecule has 0 saturated heterocycles. The number of para-hydroxylation sites is 1. The first kappa shape index (κ1) is 21.6. The van der Waals surface area contributed by atoms with Gasteiger partial charge >= 0.3 is 0 Å². The van der Waals surface area contributed by atoms with E-state index in [9.17, 15) is 4.39 Å². The van der Waals surface area contributed by atoms with Gasteiger partial charge in [0.25, 0.3) is 0 Å². The highest BCUT2D eigenvalue weighted by Crippen LogP contribution is 2.33. The lowest BCUT2D eigenvalue weighted by molar-refractivity contribution is 0.628. The molecule has 0 aliphatic carbocycles. The van der Waals surface area contributed by atoms with Crippen molar-refractivity contribution in [3.05, 3.63) is 95.3 Å². The summed E-state index contributed by atoms with van der Waals surface area (Å²) in [6.07, 6.45) is 0. The van der Waals surface area contributed by atoms with Crippen LogP contribution in [0.4, 0.5) is 4.39 Å². The van der Waals surface area contributed by atoms with Crippen LogP contribution < -0.4 is 0 Å². The van der Waals surface area contributed by atoms with Crippen molar-refractivity contribution >= 4 is 34.3 Å². The minimum atomic E-state index is -0.414. The molecule has 0 aliphatic heterocycles. The van der Waals surface area contributed by atoms with E-state index in [1.54, 1.807) is 23.9 Å². The van der Waals surface area contributed by atoms with E-state index in [-0.39, 0.29) is 5.02 Å². The summed E-state index contributed by atoms with van der Waals surface area (Å²) in [6, 6.07) is 25.1. The number of hydrogen-bond acceptors (Lipinski definition) is 4. The third kappa shape index (κ3) is 4.36. The van der Waals surface area contributed by atoms with Crippen molar-refractivity contribution in [1.29, 1.82) is 0 Å². The lowest BCUT2D eigenvalue weighted by Gasteiger charge is -2.12. The van der Waals surface area contributed by atoms with Crippen LogP contribution in [0, 0.1) is 5.82 Å². The Balaban J connectivity index is 1.56. The SMILES string of the molecule is CCn1c(SCc2ccc(F)c(Cl)c2)nnc1-c1cc(-c2ccccc2)nc2ccccc12. The van der Waals surface area contributed by atoms with Crippen molar-refractivity contribution < 1.29 is 4.39 Å². The zero-order valence-electron chi connectivity index (χ0n) is 17.9. The number of pyridine rings is 1. The van der Waals surface area contributed by atoms with Gasteiger partial charge < -0.3 is 4.57 Å². The largest absolute Gasteiger partial charge is 0.302 e. The number of rotatable bonds is 6. The number of aromatic nitrogens is 4. The smallest absolute Gasteiger partial charge is 0.191 e. The van der Waals surface area contributed by atoms with Gasteiger partial charge in [0.15, 0.2) is 11.0 Å². The van der Waals surface area contributed by atoms with E-state index >= 15 is 0 Å². The standard InChI is InChI=1S/C26H20ClFN4S/c1-2-32-25(30-31-26(32)33-16-17-12-13-22(28)21(27)14-17)20-15-24(18-8-4-3-5-9-18)29-23-11-7-6-10-19(20)23/h3-15H,2,16H2,1H3. The fourth-order valence-electron chi connectivity index (χ4n) is 3.77. The Kier molecular flexibility index (Phi) is 6.11. The van der Waals surface area contributed by atoms with Gasteiger partial charge in [-0.2, -0.15) is 0 Å². The Bertz CT molecular complexity index is 1440. The van der Waals surface area contributed by atoms with Crippen LogP contribution in [-0.4, -0.2) is 19.7 Å². The molecule has 0 fully saturated rings. The summed E-state index contributed by atoms with van der Waals surface area (Å²) < 4.78 is 15.6. The molecule has 0 spiro atoms. The Morgan fingerprint density at radius 3 is 2.52 bits per heavy atom. The van der Waals surface area contributed by atoms with Gasteiger partial charge in [-0.05, 0) is 36.8 Å². The van der Waals surface area contributed by atoms with Crippen molar-refractivity contribution in [2.24, 2.45) is 0 Å². The van der Waals surface area contributed by atoms with Crippen molar-refractivity contribution in [3.63, 3.8) is 0 Å². The number of thioether (sulfide) groups is 1. The molecule has 3 aromatic carbocycles. The maximum atomic E-state index is 13.5. The van der Waals surface area contributed by atoms with E-state index in [4.69, 9.17) is 16.6 Å². The second-order valence-electron chi connectivity index (χ2n) is 7.53. The molecule has 0 radical (unpaired) electrons. The second kappa shape index (κ2) is 9.33. The summed E-state index contributed by atoms with van der Waals surface area (Å²) in [7, 11) is 0. The van der Waals surface area contributed by atoms with Gasteiger partial charge in [0.05, 0.1) is 16.2 Å². The summed E-state index contributed by atoms with van der Waals surface area (Å²) in [5.41, 5.74) is 4.78. The molecule has 0 N–H and O–H groups in total.